The van der Waals surface area contributed by atoms with Gasteiger partial charge in [0.1, 0.15) is 6.04 Å². The molecule has 4 N–H and O–H groups in total. The molecule has 1 heterocycles. The van der Waals surface area contributed by atoms with Gasteiger partial charge in [0.2, 0.25) is 17.7 Å². The summed E-state index contributed by atoms with van der Waals surface area (Å²) in [4.78, 5) is 43.5. The van der Waals surface area contributed by atoms with E-state index in [9.17, 15) is 27.9 Å². The molecule has 3 saturated carbocycles. The Bertz CT molecular complexity index is 1440. The lowest BCUT2D eigenvalue weighted by Gasteiger charge is -2.47. The predicted molar refractivity (Wildman–Crippen MR) is 187 cm³/mol. The molecule has 0 spiro atoms. The maximum atomic E-state index is 14.4. The number of amides is 3. The molecule has 5 rings (SSSR count). The molecule has 4 fully saturated rings. The van der Waals surface area contributed by atoms with E-state index in [2.05, 4.69) is 20.9 Å². The van der Waals surface area contributed by atoms with E-state index in [4.69, 9.17) is 0 Å². The van der Waals surface area contributed by atoms with E-state index in [1.54, 1.807) is 0 Å². The van der Waals surface area contributed by atoms with Gasteiger partial charge in [-0.15, -0.1) is 0 Å². The Morgan fingerprint density at radius 2 is 1.54 bits per heavy atom. The van der Waals surface area contributed by atoms with Crippen LogP contribution in [0.25, 0.3) is 0 Å². The number of piperidine rings is 1. The van der Waals surface area contributed by atoms with Crippen LogP contribution in [0.4, 0.5) is 0 Å². The van der Waals surface area contributed by atoms with E-state index in [1.807, 2.05) is 51.1 Å². The molecular formula is C37H58N4O6S. The van der Waals surface area contributed by atoms with Crippen molar-refractivity contribution >= 4 is 27.6 Å². The lowest BCUT2D eigenvalue weighted by molar-refractivity contribution is -0.134. The van der Waals surface area contributed by atoms with Crippen molar-refractivity contribution < 1.29 is 27.9 Å². The van der Waals surface area contributed by atoms with Gasteiger partial charge in [0.05, 0.1) is 22.4 Å². The second-order valence-electron chi connectivity index (χ2n) is 16.8. The lowest BCUT2D eigenvalue weighted by atomic mass is 9.72. The molecule has 0 aromatic heterocycles. The minimum Gasteiger partial charge on any atom is -0.389 e. The van der Waals surface area contributed by atoms with Crippen molar-refractivity contribution in [1.82, 2.24) is 20.9 Å². The second kappa shape index (κ2) is 14.0. The Hall–Kier alpha value is -2.50. The molecule has 11 heteroatoms. The SMILES string of the molecule is CC(C)(C)NC(=O)[C@@H]1C[C@@H]2CCCC[C@@H]2CN1C[C@@H](O)[C@@]1(NC(=O)[C@@H](NC(=O)C2CCCC2)C(C)(C)S(C)(=O)=O)C[C@@H]1c1ccccc1. The number of β-amino-alcohol motifs (C(OH)–C–C–N with tert-alkyl or cyclic N) is 1. The van der Waals surface area contributed by atoms with Crippen LogP contribution in [0.5, 0.6) is 0 Å². The highest BCUT2D eigenvalue weighted by molar-refractivity contribution is 7.92. The molecule has 268 valence electrons. The van der Waals surface area contributed by atoms with Crippen molar-refractivity contribution in [3.8, 4) is 0 Å². The zero-order valence-electron chi connectivity index (χ0n) is 29.8. The second-order valence-corrected chi connectivity index (χ2v) is 19.4. The van der Waals surface area contributed by atoms with Crippen LogP contribution in [0.2, 0.25) is 0 Å². The Balaban J connectivity index is 1.44. The fraction of sp³-hybridized carbons (Fsp3) is 0.757. The maximum absolute atomic E-state index is 14.4. The molecule has 48 heavy (non-hydrogen) atoms. The molecule has 1 aromatic rings. The quantitative estimate of drug-likeness (QED) is 0.278. The van der Waals surface area contributed by atoms with Gasteiger partial charge >= 0.3 is 0 Å². The summed E-state index contributed by atoms with van der Waals surface area (Å²) in [6, 6.07) is 7.94. The molecule has 1 aliphatic heterocycles. The van der Waals surface area contributed by atoms with Crippen molar-refractivity contribution in [2.24, 2.45) is 17.8 Å². The summed E-state index contributed by atoms with van der Waals surface area (Å²) in [7, 11) is -3.79. The van der Waals surface area contributed by atoms with Gasteiger partial charge in [-0.2, -0.15) is 0 Å². The van der Waals surface area contributed by atoms with E-state index in [0.717, 1.165) is 50.3 Å². The van der Waals surface area contributed by atoms with Crippen molar-refractivity contribution in [2.45, 2.75) is 139 Å². The summed E-state index contributed by atoms with van der Waals surface area (Å²) >= 11 is 0. The number of likely N-dealkylation sites (tertiary alicyclic amines) is 1. The average Bonchev–Trinajstić information content (AvgIpc) is 3.46. The number of hydrogen-bond donors (Lipinski definition) is 4. The van der Waals surface area contributed by atoms with Crippen LogP contribution < -0.4 is 16.0 Å². The molecule has 3 amide bonds. The highest BCUT2D eigenvalue weighted by Crippen LogP contribution is 2.54. The Labute approximate surface area is 287 Å². The van der Waals surface area contributed by atoms with E-state index in [-0.39, 0.29) is 30.2 Å². The molecule has 0 radical (unpaired) electrons. The Kier molecular flexibility index (Phi) is 10.7. The summed E-state index contributed by atoms with van der Waals surface area (Å²) in [6.07, 6.45) is 9.03. The first kappa shape index (κ1) is 36.8. The van der Waals surface area contributed by atoms with E-state index in [0.29, 0.717) is 37.6 Å². The number of nitrogens with one attached hydrogen (secondary N) is 3. The summed E-state index contributed by atoms with van der Waals surface area (Å²) < 4.78 is 24.5. The number of carbonyl (C=O) groups is 3. The molecular weight excluding hydrogens is 628 g/mol. The molecule has 4 aliphatic rings. The molecule has 7 atom stereocenters. The van der Waals surface area contributed by atoms with Gasteiger partial charge in [0.25, 0.3) is 0 Å². The van der Waals surface area contributed by atoms with Gasteiger partial charge in [0.15, 0.2) is 9.84 Å². The number of aliphatic hydroxyl groups is 1. The summed E-state index contributed by atoms with van der Waals surface area (Å²) in [5.74, 6) is -0.537. The summed E-state index contributed by atoms with van der Waals surface area (Å²) in [5, 5.41) is 21.3. The Morgan fingerprint density at radius 1 is 0.938 bits per heavy atom. The van der Waals surface area contributed by atoms with Crippen LogP contribution >= 0.6 is 0 Å². The van der Waals surface area contributed by atoms with E-state index in [1.165, 1.54) is 20.3 Å². The molecule has 3 aliphatic carbocycles. The normalized spacial score (nSPS) is 29.7. The summed E-state index contributed by atoms with van der Waals surface area (Å²) in [6.45, 7) is 9.73. The van der Waals surface area contributed by atoms with Crippen LogP contribution in [-0.4, -0.2) is 89.5 Å². The smallest absolute Gasteiger partial charge is 0.244 e. The molecule has 1 aromatic carbocycles. The largest absolute Gasteiger partial charge is 0.389 e. The van der Waals surface area contributed by atoms with Gasteiger partial charge in [0, 0.05) is 36.7 Å². The van der Waals surface area contributed by atoms with Gasteiger partial charge in [-0.25, -0.2) is 8.42 Å². The first-order valence-corrected chi connectivity index (χ1v) is 19.9. The molecule has 10 nitrogen and oxygen atoms in total. The topological polar surface area (TPSA) is 145 Å². The highest BCUT2D eigenvalue weighted by Gasteiger charge is 2.62. The monoisotopic (exact) mass is 686 g/mol. The van der Waals surface area contributed by atoms with Crippen molar-refractivity contribution in [1.29, 1.82) is 0 Å². The van der Waals surface area contributed by atoms with Gasteiger partial charge in [-0.1, -0.05) is 62.4 Å². The van der Waals surface area contributed by atoms with Crippen molar-refractivity contribution in [2.75, 3.05) is 19.3 Å². The minimum absolute atomic E-state index is 0.0446. The number of carbonyl (C=O) groups excluding carboxylic acids is 3. The zero-order chi connectivity index (χ0) is 35.1. The van der Waals surface area contributed by atoms with Crippen LogP contribution in [0.3, 0.4) is 0 Å². The fourth-order valence-electron chi connectivity index (χ4n) is 8.50. The standard InChI is InChI=1S/C37H58N4O6S/c1-35(2,3)39-33(44)29-20-26-18-12-13-19-27(26)22-41(29)23-30(42)37(21-28(37)24-14-8-7-9-15-24)40-34(45)31(36(4,5)48(6,46)47)38-32(43)25-16-10-11-17-25/h7-9,14-15,25-31,42H,10-13,16-23H2,1-6H3,(H,38,43)(H,39,44)(H,40,45)/t26-,27+,28+,29-,30+,31+,37+/m0/s1. The number of hydrogen-bond acceptors (Lipinski definition) is 7. The number of fused-ring (bicyclic) bond motifs is 1. The maximum Gasteiger partial charge on any atom is 0.244 e. The number of benzene rings is 1. The van der Waals surface area contributed by atoms with Crippen LogP contribution in [-0.2, 0) is 24.2 Å². The third-order valence-corrected chi connectivity index (χ3v) is 13.9. The zero-order valence-corrected chi connectivity index (χ0v) is 30.6. The first-order chi connectivity index (χ1) is 22.4. The average molecular weight is 687 g/mol. The lowest BCUT2D eigenvalue weighted by Crippen LogP contribution is -2.65. The number of nitrogens with zero attached hydrogens (tertiary/aromatic N) is 1. The molecule has 1 saturated heterocycles. The van der Waals surface area contributed by atoms with Crippen LogP contribution in [0.15, 0.2) is 30.3 Å². The highest BCUT2D eigenvalue weighted by atomic mass is 32.2. The fourth-order valence-corrected chi connectivity index (χ4v) is 9.09. The van der Waals surface area contributed by atoms with E-state index < -0.39 is 49.8 Å². The first-order valence-electron chi connectivity index (χ1n) is 18.0. The minimum atomic E-state index is -3.79. The number of sulfone groups is 1. The molecule has 0 unspecified atom stereocenters. The number of aliphatic hydroxyl groups excluding tert-OH is 1. The third-order valence-electron chi connectivity index (χ3n) is 11.8. The van der Waals surface area contributed by atoms with Crippen LogP contribution in [0, 0.1) is 17.8 Å². The van der Waals surface area contributed by atoms with E-state index >= 15 is 0 Å². The van der Waals surface area contributed by atoms with Gasteiger partial charge in [-0.05, 0) is 84.1 Å². The molecule has 0 bridgehead atoms. The summed E-state index contributed by atoms with van der Waals surface area (Å²) in [5.41, 5.74) is -0.547. The van der Waals surface area contributed by atoms with Crippen molar-refractivity contribution in [3.05, 3.63) is 35.9 Å². The Morgan fingerprint density at radius 3 is 2.15 bits per heavy atom. The van der Waals surface area contributed by atoms with Gasteiger partial charge < -0.3 is 21.1 Å². The van der Waals surface area contributed by atoms with Crippen LogP contribution in [0.1, 0.15) is 110 Å². The predicted octanol–water partition coefficient (Wildman–Crippen LogP) is 3.68. The number of rotatable bonds is 11. The van der Waals surface area contributed by atoms with Crippen molar-refractivity contribution in [3.63, 3.8) is 0 Å². The van der Waals surface area contributed by atoms with Gasteiger partial charge in [-0.3, -0.25) is 19.3 Å². The third kappa shape index (κ3) is 7.94.